The minimum Gasteiger partial charge on any atom is -0.497 e. The first-order valence-corrected chi connectivity index (χ1v) is 9.99. The van der Waals surface area contributed by atoms with Crippen molar-refractivity contribution in [3.05, 3.63) is 64.7 Å². The molecule has 152 valence electrons. The van der Waals surface area contributed by atoms with E-state index in [4.69, 9.17) is 28.6 Å². The molecular weight excluding hydrogens is 426 g/mol. The number of benzene rings is 2. The third kappa shape index (κ3) is 2.87. The number of ether oxygens (including phenoxy) is 1. The minimum atomic E-state index is -0.699. The quantitative estimate of drug-likeness (QED) is 0.290. The van der Waals surface area contributed by atoms with Crippen LogP contribution in [0.4, 0.5) is 0 Å². The Hall–Kier alpha value is -3.24. The molecule has 30 heavy (non-hydrogen) atoms. The van der Waals surface area contributed by atoms with E-state index in [9.17, 15) is 4.79 Å². The number of nitrogens with one attached hydrogen (secondary N) is 1. The summed E-state index contributed by atoms with van der Waals surface area (Å²) in [5.74, 6) is 0.992. The first-order chi connectivity index (χ1) is 14.6. The fourth-order valence-electron chi connectivity index (χ4n) is 3.59. The van der Waals surface area contributed by atoms with Crippen molar-refractivity contribution in [2.24, 2.45) is 0 Å². The molecule has 11 heteroatoms. The molecule has 3 heterocycles. The van der Waals surface area contributed by atoms with Gasteiger partial charge < -0.3 is 4.74 Å². The normalized spacial score (nSPS) is 18.6. The maximum Gasteiger partial charge on any atom is 0.262 e. The van der Waals surface area contributed by atoms with Crippen LogP contribution in [0, 0.1) is 4.77 Å². The van der Waals surface area contributed by atoms with E-state index in [-0.39, 0.29) is 18.5 Å². The van der Waals surface area contributed by atoms with Gasteiger partial charge in [-0.25, -0.2) is 14.4 Å². The van der Waals surface area contributed by atoms with Gasteiger partial charge in [0.05, 0.1) is 12.6 Å². The number of amides is 1. The van der Waals surface area contributed by atoms with Gasteiger partial charge in [-0.3, -0.25) is 9.89 Å². The number of H-pyrrole nitrogens is 1. The number of nitrogens with zero attached hydrogens (tertiary/aromatic N) is 6. The lowest BCUT2D eigenvalue weighted by Gasteiger charge is -2.44. The van der Waals surface area contributed by atoms with Gasteiger partial charge >= 0.3 is 0 Å². The molecule has 2 aromatic carbocycles. The van der Waals surface area contributed by atoms with Crippen molar-refractivity contribution < 1.29 is 9.53 Å². The molecule has 4 aromatic rings. The molecule has 2 atom stereocenters. The number of para-hydroxylation sites is 1. The summed E-state index contributed by atoms with van der Waals surface area (Å²) in [4.78, 5) is 12.7. The number of hydrogen-bond donors (Lipinski definition) is 1. The molecule has 1 amide bonds. The predicted molar refractivity (Wildman–Crippen MR) is 113 cm³/mol. The topological polar surface area (TPSA) is 93.9 Å². The van der Waals surface area contributed by atoms with Crippen molar-refractivity contribution in [3.63, 3.8) is 0 Å². The lowest BCUT2D eigenvalue weighted by atomic mass is 9.95. The number of β-lactam (4-membered cyclic amide) rings is 1. The van der Waals surface area contributed by atoms with Crippen molar-refractivity contribution >= 4 is 40.8 Å². The minimum absolute atomic E-state index is 0.250. The van der Waals surface area contributed by atoms with Crippen molar-refractivity contribution in [3.8, 4) is 5.75 Å². The molecule has 2 unspecified atom stereocenters. The molecule has 2 aromatic heterocycles. The number of aromatic amines is 1. The van der Waals surface area contributed by atoms with Crippen molar-refractivity contribution in [1.29, 1.82) is 0 Å². The van der Waals surface area contributed by atoms with E-state index in [0.717, 1.165) is 22.3 Å². The van der Waals surface area contributed by atoms with Gasteiger partial charge in [-0.05, 0) is 42.0 Å². The van der Waals surface area contributed by atoms with E-state index in [0.29, 0.717) is 10.6 Å². The van der Waals surface area contributed by atoms with Gasteiger partial charge in [0.15, 0.2) is 5.82 Å². The van der Waals surface area contributed by atoms with Gasteiger partial charge in [0.25, 0.3) is 5.91 Å². The van der Waals surface area contributed by atoms with Crippen molar-refractivity contribution in [1.82, 2.24) is 29.9 Å². The van der Waals surface area contributed by atoms with Crippen LogP contribution in [0.5, 0.6) is 5.75 Å². The zero-order valence-electron chi connectivity index (χ0n) is 15.8. The number of carbonyl (C=O) groups is 1. The number of carbonyl (C=O) groups excluding carboxylic acids is 1. The summed E-state index contributed by atoms with van der Waals surface area (Å²) in [5, 5.41) is 16.3. The number of halogens is 1. The van der Waals surface area contributed by atoms with Crippen LogP contribution >= 0.6 is 23.8 Å². The number of fused-ring (bicyclic) bond motifs is 1. The van der Waals surface area contributed by atoms with Crippen LogP contribution in [0.1, 0.15) is 17.4 Å². The van der Waals surface area contributed by atoms with E-state index in [1.807, 2.05) is 48.5 Å². The Bertz CT molecular complexity index is 1300. The smallest absolute Gasteiger partial charge is 0.262 e. The summed E-state index contributed by atoms with van der Waals surface area (Å²) in [6.07, 6.45) is 0. The molecule has 1 fully saturated rings. The summed E-state index contributed by atoms with van der Waals surface area (Å²) in [6.45, 7) is 0.277. The highest BCUT2D eigenvalue weighted by molar-refractivity contribution is 7.71. The lowest BCUT2D eigenvalue weighted by molar-refractivity contribution is -0.126. The molecule has 1 aliphatic heterocycles. The number of hydrogen-bond acceptors (Lipinski definition) is 6. The van der Waals surface area contributed by atoms with E-state index < -0.39 is 5.38 Å². The molecule has 0 radical (unpaired) electrons. The Balaban J connectivity index is 1.52. The average Bonchev–Trinajstić information content (AvgIpc) is 3.35. The zero-order valence-corrected chi connectivity index (χ0v) is 17.3. The average molecular weight is 442 g/mol. The largest absolute Gasteiger partial charge is 0.497 e. The van der Waals surface area contributed by atoms with Gasteiger partial charge in [-0.1, -0.05) is 29.5 Å². The van der Waals surface area contributed by atoms with Crippen LogP contribution in [-0.4, -0.2) is 48.3 Å². The third-order valence-corrected chi connectivity index (χ3v) is 5.79. The highest BCUT2D eigenvalue weighted by atomic mass is 35.5. The second kappa shape index (κ2) is 7.22. The van der Waals surface area contributed by atoms with Gasteiger partial charge in [0, 0.05) is 0 Å². The maximum absolute atomic E-state index is 12.7. The zero-order chi connectivity index (χ0) is 20.8. The third-order valence-electron chi connectivity index (χ3n) is 5.10. The van der Waals surface area contributed by atoms with Crippen LogP contribution in [-0.2, 0) is 11.3 Å². The summed E-state index contributed by atoms with van der Waals surface area (Å²) in [6, 6.07) is 14.7. The Morgan fingerprint density at radius 2 is 1.97 bits per heavy atom. The summed E-state index contributed by atoms with van der Waals surface area (Å²) >= 11 is 11.8. The first kappa shape index (κ1) is 18.8. The standard InChI is InChI=1S/C19H16ClN7O2S/c1-29-12-8-6-11(7-9-12)17-16(20)18(28)27(17)26-15(22-23-19(26)30)10-25-14-5-3-2-4-13(14)21-24-25/h2-9,16-17H,10H2,1H3,(H,23,30). The van der Waals surface area contributed by atoms with Crippen LogP contribution in [0.25, 0.3) is 11.0 Å². The maximum atomic E-state index is 12.7. The van der Waals surface area contributed by atoms with Gasteiger partial charge in [0.2, 0.25) is 4.77 Å². The van der Waals surface area contributed by atoms with Gasteiger partial charge in [-0.15, -0.1) is 16.7 Å². The van der Waals surface area contributed by atoms with Crippen LogP contribution < -0.4 is 9.75 Å². The van der Waals surface area contributed by atoms with E-state index in [2.05, 4.69) is 20.5 Å². The SMILES string of the molecule is COc1ccc(C2C(Cl)C(=O)N2n2c(Cn3nnc4ccccc43)n[nH]c2=S)cc1. The lowest BCUT2D eigenvalue weighted by Crippen LogP contribution is -2.62. The van der Waals surface area contributed by atoms with Crippen molar-refractivity contribution in [2.45, 2.75) is 18.0 Å². The molecule has 9 nitrogen and oxygen atoms in total. The summed E-state index contributed by atoms with van der Waals surface area (Å²) < 4.78 is 8.80. The number of rotatable bonds is 5. The molecule has 0 spiro atoms. The molecule has 0 aliphatic carbocycles. The molecule has 1 aliphatic rings. The second-order valence-corrected chi connectivity index (χ2v) is 7.65. The number of methoxy groups -OCH3 is 1. The molecular formula is C19H16ClN7O2S. The fraction of sp³-hybridized carbons (Fsp3) is 0.211. The Kier molecular flexibility index (Phi) is 4.52. The molecule has 0 saturated carbocycles. The molecule has 1 N–H and O–H groups in total. The van der Waals surface area contributed by atoms with Gasteiger partial charge in [-0.2, -0.15) is 5.10 Å². The second-order valence-electron chi connectivity index (χ2n) is 6.80. The predicted octanol–water partition coefficient (Wildman–Crippen LogP) is 2.57. The van der Waals surface area contributed by atoms with E-state index >= 15 is 0 Å². The van der Waals surface area contributed by atoms with Gasteiger partial charge in [0.1, 0.15) is 29.2 Å². The summed E-state index contributed by atoms with van der Waals surface area (Å²) in [7, 11) is 1.60. The highest BCUT2D eigenvalue weighted by Gasteiger charge is 2.49. The number of aromatic nitrogens is 6. The summed E-state index contributed by atoms with van der Waals surface area (Å²) in [5.41, 5.74) is 2.50. The van der Waals surface area contributed by atoms with Crippen LogP contribution in [0.2, 0.25) is 0 Å². The fourth-order valence-corrected chi connectivity index (χ4v) is 4.18. The Morgan fingerprint density at radius 3 is 2.73 bits per heavy atom. The van der Waals surface area contributed by atoms with E-state index in [1.54, 1.807) is 16.5 Å². The Morgan fingerprint density at radius 1 is 1.20 bits per heavy atom. The van der Waals surface area contributed by atoms with Crippen molar-refractivity contribution in [2.75, 3.05) is 12.1 Å². The van der Waals surface area contributed by atoms with Crippen LogP contribution in [0.15, 0.2) is 48.5 Å². The monoisotopic (exact) mass is 441 g/mol. The molecule has 0 bridgehead atoms. The highest BCUT2D eigenvalue weighted by Crippen LogP contribution is 2.38. The van der Waals surface area contributed by atoms with Crippen LogP contribution in [0.3, 0.4) is 0 Å². The Labute approximate surface area is 180 Å². The van der Waals surface area contributed by atoms with E-state index in [1.165, 1.54) is 5.01 Å². The first-order valence-electron chi connectivity index (χ1n) is 9.14. The molecule has 5 rings (SSSR count). The number of alkyl halides is 1. The molecule has 1 saturated heterocycles.